The van der Waals surface area contributed by atoms with Gasteiger partial charge in [-0.1, -0.05) is 19.9 Å². The largest absolute Gasteiger partial charge is 0.496 e. The molecule has 96 valence electrons. The Morgan fingerprint density at radius 1 is 1.33 bits per heavy atom. The zero-order chi connectivity index (χ0) is 13.9. The van der Waals surface area contributed by atoms with Crippen molar-refractivity contribution in [3.05, 3.63) is 28.8 Å². The second-order valence-electron chi connectivity index (χ2n) is 4.87. The average Bonchev–Trinajstić information content (AvgIpc) is 2.27. The first-order valence-electron chi connectivity index (χ1n) is 6.01. The Morgan fingerprint density at radius 3 is 2.39 bits per heavy atom. The molecule has 18 heavy (non-hydrogen) atoms. The second-order valence-corrected chi connectivity index (χ2v) is 4.87. The van der Waals surface area contributed by atoms with Gasteiger partial charge in [-0.25, -0.2) is 0 Å². The van der Waals surface area contributed by atoms with Crippen molar-refractivity contribution in [3.8, 4) is 11.8 Å². The molecule has 1 atom stereocenters. The number of nitrogens with zero attached hydrogens (tertiary/aromatic N) is 1. The summed E-state index contributed by atoms with van der Waals surface area (Å²) >= 11 is 0. The molecule has 0 bridgehead atoms. The molecule has 0 N–H and O–H groups in total. The number of Topliss-reactive ketones (excluding diaryl/α,β-unsaturated/α-hetero) is 1. The highest BCUT2D eigenvalue weighted by atomic mass is 16.5. The van der Waals surface area contributed by atoms with Crippen LogP contribution in [0.5, 0.6) is 5.75 Å². The summed E-state index contributed by atoms with van der Waals surface area (Å²) in [6.07, 6.45) is 0. The van der Waals surface area contributed by atoms with Crippen LogP contribution in [0.25, 0.3) is 0 Å². The first-order chi connectivity index (χ1) is 8.42. The molecule has 0 heterocycles. The van der Waals surface area contributed by atoms with Crippen LogP contribution < -0.4 is 4.74 Å². The molecule has 0 amide bonds. The smallest absolute Gasteiger partial charge is 0.184 e. The summed E-state index contributed by atoms with van der Waals surface area (Å²) in [6.45, 7) is 7.58. The van der Waals surface area contributed by atoms with E-state index in [0.717, 1.165) is 11.1 Å². The van der Waals surface area contributed by atoms with E-state index >= 15 is 0 Å². The molecule has 3 nitrogen and oxygen atoms in total. The highest BCUT2D eigenvalue weighted by molar-refractivity contribution is 6.03. The van der Waals surface area contributed by atoms with E-state index in [1.807, 2.05) is 39.8 Å². The Hall–Kier alpha value is -1.82. The number of methoxy groups -OCH3 is 1. The molecule has 0 saturated carbocycles. The van der Waals surface area contributed by atoms with Crippen LogP contribution in [0.2, 0.25) is 0 Å². The van der Waals surface area contributed by atoms with E-state index in [4.69, 9.17) is 10.00 Å². The molecule has 0 aromatic heterocycles. The summed E-state index contributed by atoms with van der Waals surface area (Å²) in [7, 11) is 1.54. The Balaban J connectivity index is 3.33. The maximum atomic E-state index is 12.4. The molecule has 0 fully saturated rings. The van der Waals surface area contributed by atoms with Gasteiger partial charge in [-0.05, 0) is 37.0 Å². The van der Waals surface area contributed by atoms with Gasteiger partial charge in [0.2, 0.25) is 0 Å². The number of rotatable bonds is 4. The number of ketones is 1. The normalized spacial score (nSPS) is 12.1. The van der Waals surface area contributed by atoms with Crippen molar-refractivity contribution in [3.63, 3.8) is 0 Å². The average molecular weight is 245 g/mol. The van der Waals surface area contributed by atoms with E-state index in [2.05, 4.69) is 6.07 Å². The van der Waals surface area contributed by atoms with E-state index in [9.17, 15) is 4.79 Å². The Kier molecular flexibility index (Phi) is 4.49. The van der Waals surface area contributed by atoms with E-state index in [0.29, 0.717) is 11.3 Å². The van der Waals surface area contributed by atoms with E-state index < -0.39 is 5.92 Å². The highest BCUT2D eigenvalue weighted by Gasteiger charge is 2.27. The molecule has 0 aliphatic carbocycles. The topological polar surface area (TPSA) is 50.1 Å². The van der Waals surface area contributed by atoms with Gasteiger partial charge in [0.25, 0.3) is 0 Å². The van der Waals surface area contributed by atoms with E-state index in [-0.39, 0.29) is 11.7 Å². The number of aryl methyl sites for hydroxylation is 2. The minimum absolute atomic E-state index is 0.00657. The Bertz CT molecular complexity index is 498. The molecule has 0 spiro atoms. The van der Waals surface area contributed by atoms with Crippen molar-refractivity contribution in [1.29, 1.82) is 5.26 Å². The Morgan fingerprint density at radius 2 is 1.94 bits per heavy atom. The monoisotopic (exact) mass is 245 g/mol. The van der Waals surface area contributed by atoms with Crippen LogP contribution in [-0.4, -0.2) is 12.9 Å². The standard InChI is InChI=1S/C15H19NO2/c1-9(2)12(8-16)15(17)14-11(4)6-10(3)7-13(14)18-5/h6-7,9,12H,1-5H3. The third-order valence-corrected chi connectivity index (χ3v) is 3.00. The zero-order valence-corrected chi connectivity index (χ0v) is 11.6. The summed E-state index contributed by atoms with van der Waals surface area (Å²) in [4.78, 5) is 12.4. The molecule has 3 heteroatoms. The first-order valence-corrected chi connectivity index (χ1v) is 6.01. The predicted octanol–water partition coefficient (Wildman–Crippen LogP) is 3.29. The van der Waals surface area contributed by atoms with Crippen molar-refractivity contribution in [1.82, 2.24) is 0 Å². The summed E-state index contributed by atoms with van der Waals surface area (Å²) < 4.78 is 5.27. The van der Waals surface area contributed by atoms with Gasteiger partial charge in [-0.2, -0.15) is 5.26 Å². The third kappa shape index (κ3) is 2.70. The number of ether oxygens (including phenoxy) is 1. The van der Waals surface area contributed by atoms with Gasteiger partial charge in [0.1, 0.15) is 11.7 Å². The van der Waals surface area contributed by atoms with Crippen LogP contribution in [0, 0.1) is 37.0 Å². The number of carbonyl (C=O) groups excluding carboxylic acids is 1. The molecule has 1 unspecified atom stereocenters. The van der Waals surface area contributed by atoms with E-state index in [1.54, 1.807) is 7.11 Å². The summed E-state index contributed by atoms with van der Waals surface area (Å²) in [5, 5.41) is 9.13. The SMILES string of the molecule is COc1cc(C)cc(C)c1C(=O)C(C#N)C(C)C. The van der Waals surface area contributed by atoms with Crippen molar-refractivity contribution >= 4 is 5.78 Å². The number of carbonyl (C=O) groups is 1. The zero-order valence-electron chi connectivity index (χ0n) is 11.6. The van der Waals surface area contributed by atoms with Crippen LogP contribution in [0.4, 0.5) is 0 Å². The number of nitriles is 1. The summed E-state index contributed by atoms with van der Waals surface area (Å²) in [6, 6.07) is 5.85. The van der Waals surface area contributed by atoms with Crippen LogP contribution in [0.15, 0.2) is 12.1 Å². The lowest BCUT2D eigenvalue weighted by molar-refractivity contribution is 0.0920. The molecule has 1 aromatic rings. The van der Waals surface area contributed by atoms with E-state index in [1.165, 1.54) is 0 Å². The summed E-state index contributed by atoms with van der Waals surface area (Å²) in [5.74, 6) is -0.228. The van der Waals surface area contributed by atoms with Gasteiger partial charge in [-0.15, -0.1) is 0 Å². The van der Waals surface area contributed by atoms with Gasteiger partial charge in [0.05, 0.1) is 18.7 Å². The van der Waals surface area contributed by atoms with Crippen molar-refractivity contribution in [2.45, 2.75) is 27.7 Å². The lowest BCUT2D eigenvalue weighted by atomic mass is 9.86. The van der Waals surface area contributed by atoms with Crippen LogP contribution >= 0.6 is 0 Å². The lowest BCUT2D eigenvalue weighted by Gasteiger charge is -2.16. The van der Waals surface area contributed by atoms with Crippen LogP contribution in [0.1, 0.15) is 35.3 Å². The lowest BCUT2D eigenvalue weighted by Crippen LogP contribution is -2.20. The van der Waals surface area contributed by atoms with Crippen LogP contribution in [-0.2, 0) is 0 Å². The van der Waals surface area contributed by atoms with Gasteiger partial charge < -0.3 is 4.74 Å². The number of hydrogen-bond donors (Lipinski definition) is 0. The highest BCUT2D eigenvalue weighted by Crippen LogP contribution is 2.28. The molecule has 1 aromatic carbocycles. The fraction of sp³-hybridized carbons (Fsp3) is 0.467. The molecule has 0 aliphatic heterocycles. The summed E-state index contributed by atoms with van der Waals surface area (Å²) in [5.41, 5.74) is 2.43. The second kappa shape index (κ2) is 5.68. The van der Waals surface area contributed by atoms with Gasteiger partial charge in [-0.3, -0.25) is 4.79 Å². The van der Waals surface area contributed by atoms with Crippen molar-refractivity contribution in [2.75, 3.05) is 7.11 Å². The fourth-order valence-electron chi connectivity index (χ4n) is 2.07. The van der Waals surface area contributed by atoms with Gasteiger partial charge in [0.15, 0.2) is 5.78 Å². The van der Waals surface area contributed by atoms with Gasteiger partial charge in [0, 0.05) is 0 Å². The molecular weight excluding hydrogens is 226 g/mol. The minimum atomic E-state index is -0.625. The minimum Gasteiger partial charge on any atom is -0.496 e. The van der Waals surface area contributed by atoms with Crippen molar-refractivity contribution < 1.29 is 9.53 Å². The molecule has 0 aliphatic rings. The third-order valence-electron chi connectivity index (χ3n) is 3.00. The fourth-order valence-corrected chi connectivity index (χ4v) is 2.07. The number of benzene rings is 1. The molecule has 0 saturated heterocycles. The molecule has 0 radical (unpaired) electrons. The number of hydrogen-bond acceptors (Lipinski definition) is 3. The quantitative estimate of drug-likeness (QED) is 0.765. The molecular formula is C15H19NO2. The van der Waals surface area contributed by atoms with Crippen molar-refractivity contribution in [2.24, 2.45) is 11.8 Å². The first kappa shape index (κ1) is 14.2. The van der Waals surface area contributed by atoms with Crippen LogP contribution in [0.3, 0.4) is 0 Å². The maximum absolute atomic E-state index is 12.4. The Labute approximate surface area is 108 Å². The molecule has 1 rings (SSSR count). The predicted molar refractivity (Wildman–Crippen MR) is 70.7 cm³/mol. The maximum Gasteiger partial charge on any atom is 0.184 e. The van der Waals surface area contributed by atoms with Gasteiger partial charge >= 0.3 is 0 Å².